The van der Waals surface area contributed by atoms with E-state index in [2.05, 4.69) is 72.8 Å². The minimum Gasteiger partial charge on any atom is -0.303 e. The molecular formula is C25H26O. The van der Waals surface area contributed by atoms with Gasteiger partial charge in [0.15, 0.2) is 0 Å². The van der Waals surface area contributed by atoms with E-state index < -0.39 is 0 Å². The lowest BCUT2D eigenvalue weighted by atomic mass is 9.94. The lowest BCUT2D eigenvalue weighted by Gasteiger charge is -2.11. The quantitative estimate of drug-likeness (QED) is 0.428. The van der Waals surface area contributed by atoms with E-state index >= 15 is 0 Å². The first kappa shape index (κ1) is 18.1. The molecule has 0 amide bonds. The van der Waals surface area contributed by atoms with Crippen molar-refractivity contribution in [2.75, 3.05) is 0 Å². The molecule has 0 fully saturated rings. The van der Waals surface area contributed by atoms with Crippen LogP contribution >= 0.6 is 0 Å². The minimum absolute atomic E-state index is 0.160. The normalized spacial score (nSPS) is 11.8. The van der Waals surface area contributed by atoms with Gasteiger partial charge in [0, 0.05) is 5.92 Å². The second-order valence-electron chi connectivity index (χ2n) is 6.88. The largest absolute Gasteiger partial charge is 0.303 e. The summed E-state index contributed by atoms with van der Waals surface area (Å²) in [5, 5.41) is 0. The Morgan fingerprint density at radius 3 is 1.85 bits per heavy atom. The first-order valence-electron chi connectivity index (χ1n) is 9.49. The number of carbonyl (C=O) groups excluding carboxylic acids is 1. The molecule has 0 heterocycles. The van der Waals surface area contributed by atoms with E-state index in [9.17, 15) is 4.79 Å². The molecule has 0 radical (unpaired) electrons. The first-order valence-corrected chi connectivity index (χ1v) is 9.49. The van der Waals surface area contributed by atoms with Crippen LogP contribution in [-0.2, 0) is 17.6 Å². The van der Waals surface area contributed by atoms with Crippen LogP contribution in [0.4, 0.5) is 0 Å². The summed E-state index contributed by atoms with van der Waals surface area (Å²) in [7, 11) is 0. The number of benzene rings is 3. The van der Waals surface area contributed by atoms with Crippen LogP contribution in [0.3, 0.4) is 0 Å². The Labute approximate surface area is 156 Å². The number of aryl methyl sites for hydroxylation is 2. The molecule has 0 N–H and O–H groups in total. The summed E-state index contributed by atoms with van der Waals surface area (Å²) in [4.78, 5) is 11.4. The number of carbonyl (C=O) groups is 1. The maximum atomic E-state index is 11.4. The molecule has 26 heavy (non-hydrogen) atoms. The Balaban J connectivity index is 1.46. The summed E-state index contributed by atoms with van der Waals surface area (Å²) in [6.45, 7) is 0. The number of hydrogen-bond donors (Lipinski definition) is 0. The van der Waals surface area contributed by atoms with Gasteiger partial charge in [-0.3, -0.25) is 0 Å². The average Bonchev–Trinajstić information content (AvgIpc) is 2.72. The molecule has 0 aliphatic rings. The molecule has 3 aromatic rings. The van der Waals surface area contributed by atoms with Crippen LogP contribution in [-0.4, -0.2) is 6.29 Å². The Hall–Kier alpha value is -2.67. The fraction of sp³-hybridized carbons (Fsp3) is 0.240. The smallest absolute Gasteiger partial charge is 0.123 e. The topological polar surface area (TPSA) is 17.1 Å². The molecule has 132 valence electrons. The molecule has 0 bridgehead atoms. The molecule has 1 unspecified atom stereocenters. The van der Waals surface area contributed by atoms with Crippen molar-refractivity contribution in [3.05, 3.63) is 96.1 Å². The molecule has 0 spiro atoms. The molecule has 1 atom stereocenters. The Kier molecular flexibility index (Phi) is 6.78. The minimum atomic E-state index is 0.160. The van der Waals surface area contributed by atoms with Gasteiger partial charge in [-0.2, -0.15) is 0 Å². The van der Waals surface area contributed by atoms with Crippen molar-refractivity contribution < 1.29 is 4.79 Å². The molecule has 3 aromatic carbocycles. The number of hydrogen-bond acceptors (Lipinski definition) is 1. The van der Waals surface area contributed by atoms with E-state index in [-0.39, 0.29) is 5.92 Å². The second-order valence-corrected chi connectivity index (χ2v) is 6.88. The summed E-state index contributed by atoms with van der Waals surface area (Å²) >= 11 is 0. The van der Waals surface area contributed by atoms with Crippen LogP contribution in [0.15, 0.2) is 84.9 Å². The highest BCUT2D eigenvalue weighted by molar-refractivity contribution is 5.63. The van der Waals surface area contributed by atoms with Gasteiger partial charge in [-0.05, 0) is 54.4 Å². The van der Waals surface area contributed by atoms with E-state index in [1.165, 1.54) is 22.3 Å². The zero-order valence-corrected chi connectivity index (χ0v) is 15.2. The lowest BCUT2D eigenvalue weighted by Crippen LogP contribution is -2.04. The average molecular weight is 342 g/mol. The molecule has 0 aliphatic carbocycles. The molecule has 0 aliphatic heterocycles. The summed E-state index contributed by atoms with van der Waals surface area (Å²) in [6.07, 6.45) is 6.13. The van der Waals surface area contributed by atoms with E-state index in [1.54, 1.807) is 0 Å². The number of aldehydes is 1. The third-order valence-electron chi connectivity index (χ3n) is 4.94. The molecular weight excluding hydrogens is 316 g/mol. The van der Waals surface area contributed by atoms with Gasteiger partial charge >= 0.3 is 0 Å². The highest BCUT2D eigenvalue weighted by Crippen LogP contribution is 2.21. The highest BCUT2D eigenvalue weighted by atomic mass is 16.1. The van der Waals surface area contributed by atoms with Crippen molar-refractivity contribution >= 4 is 6.29 Å². The van der Waals surface area contributed by atoms with Crippen molar-refractivity contribution in [2.45, 2.75) is 32.1 Å². The van der Waals surface area contributed by atoms with Crippen molar-refractivity contribution in [2.24, 2.45) is 5.92 Å². The van der Waals surface area contributed by atoms with Crippen molar-refractivity contribution in [1.29, 1.82) is 0 Å². The SMILES string of the molecule is O=CC(CCCc1ccccc1)CCc1ccc(-c2ccccc2)cc1. The van der Waals surface area contributed by atoms with Crippen LogP contribution < -0.4 is 0 Å². The lowest BCUT2D eigenvalue weighted by molar-refractivity contribution is -0.111. The van der Waals surface area contributed by atoms with Gasteiger partial charge in [-0.25, -0.2) is 0 Å². The summed E-state index contributed by atoms with van der Waals surface area (Å²) in [6, 6.07) is 29.7. The first-order chi connectivity index (χ1) is 12.8. The fourth-order valence-electron chi connectivity index (χ4n) is 3.34. The van der Waals surface area contributed by atoms with Crippen LogP contribution in [0.5, 0.6) is 0 Å². The van der Waals surface area contributed by atoms with Gasteiger partial charge in [-0.15, -0.1) is 0 Å². The monoisotopic (exact) mass is 342 g/mol. The van der Waals surface area contributed by atoms with Gasteiger partial charge in [0.05, 0.1) is 0 Å². The maximum absolute atomic E-state index is 11.4. The highest BCUT2D eigenvalue weighted by Gasteiger charge is 2.08. The molecule has 0 saturated heterocycles. The van der Waals surface area contributed by atoms with Crippen LogP contribution in [0.1, 0.15) is 30.4 Å². The van der Waals surface area contributed by atoms with Gasteiger partial charge in [0.1, 0.15) is 6.29 Å². The van der Waals surface area contributed by atoms with Gasteiger partial charge in [0.2, 0.25) is 0 Å². The van der Waals surface area contributed by atoms with Crippen LogP contribution in [0.25, 0.3) is 11.1 Å². The predicted octanol–water partition coefficient (Wildman–Crippen LogP) is 6.12. The van der Waals surface area contributed by atoms with E-state index in [0.29, 0.717) is 0 Å². The zero-order valence-electron chi connectivity index (χ0n) is 15.2. The maximum Gasteiger partial charge on any atom is 0.123 e. The van der Waals surface area contributed by atoms with Crippen LogP contribution in [0, 0.1) is 5.92 Å². The Morgan fingerprint density at radius 1 is 0.615 bits per heavy atom. The predicted molar refractivity (Wildman–Crippen MR) is 109 cm³/mol. The Morgan fingerprint density at radius 2 is 1.19 bits per heavy atom. The summed E-state index contributed by atoms with van der Waals surface area (Å²) < 4.78 is 0. The third kappa shape index (κ3) is 5.42. The standard InChI is InChI=1S/C25H26O/c26-20-23(11-7-10-21-8-3-1-4-9-21)15-14-22-16-18-25(19-17-22)24-12-5-2-6-13-24/h1-6,8-9,12-13,16-20,23H,7,10-11,14-15H2. The molecule has 1 heteroatoms. The zero-order chi connectivity index (χ0) is 18.0. The van der Waals surface area contributed by atoms with Crippen LogP contribution in [0.2, 0.25) is 0 Å². The molecule has 0 aromatic heterocycles. The van der Waals surface area contributed by atoms with E-state index in [4.69, 9.17) is 0 Å². The Bertz CT molecular complexity index is 775. The van der Waals surface area contributed by atoms with Gasteiger partial charge < -0.3 is 4.79 Å². The van der Waals surface area contributed by atoms with Gasteiger partial charge in [-0.1, -0.05) is 84.9 Å². The van der Waals surface area contributed by atoms with E-state index in [1.807, 2.05) is 12.1 Å². The fourth-order valence-corrected chi connectivity index (χ4v) is 3.34. The second kappa shape index (κ2) is 9.72. The van der Waals surface area contributed by atoms with Crippen molar-refractivity contribution in [1.82, 2.24) is 0 Å². The van der Waals surface area contributed by atoms with Gasteiger partial charge in [0.25, 0.3) is 0 Å². The summed E-state index contributed by atoms with van der Waals surface area (Å²) in [5.74, 6) is 0.160. The van der Waals surface area contributed by atoms with Crippen molar-refractivity contribution in [3.8, 4) is 11.1 Å². The van der Waals surface area contributed by atoms with Crippen molar-refractivity contribution in [3.63, 3.8) is 0 Å². The molecule has 0 saturated carbocycles. The van der Waals surface area contributed by atoms with E-state index in [0.717, 1.165) is 38.4 Å². The summed E-state index contributed by atoms with van der Waals surface area (Å²) in [5.41, 5.74) is 5.14. The third-order valence-corrected chi connectivity index (χ3v) is 4.94. The molecule has 3 rings (SSSR count). The molecule has 1 nitrogen and oxygen atoms in total. The number of rotatable bonds is 9.